The van der Waals surface area contributed by atoms with E-state index in [1.807, 2.05) is 0 Å². The number of likely N-dealkylation sites (tertiary alicyclic amines) is 1. The van der Waals surface area contributed by atoms with Crippen LogP contribution >= 0.6 is 0 Å². The van der Waals surface area contributed by atoms with E-state index in [4.69, 9.17) is 4.74 Å². The summed E-state index contributed by atoms with van der Waals surface area (Å²) in [5, 5.41) is 9.20. The van der Waals surface area contributed by atoms with Gasteiger partial charge in [-0.25, -0.2) is 0 Å². The molecule has 0 saturated carbocycles. The summed E-state index contributed by atoms with van der Waals surface area (Å²) in [6.07, 6.45) is 7.21. The number of fused-ring (bicyclic) bond motifs is 1. The lowest BCUT2D eigenvalue weighted by atomic mass is 9.91. The highest BCUT2D eigenvalue weighted by atomic mass is 16.5. The minimum absolute atomic E-state index is 0.177. The van der Waals surface area contributed by atoms with E-state index in [0.29, 0.717) is 0 Å². The topological polar surface area (TPSA) is 32.7 Å². The van der Waals surface area contributed by atoms with Crippen molar-refractivity contribution >= 4 is 0 Å². The quantitative estimate of drug-likeness (QED) is 0.904. The van der Waals surface area contributed by atoms with E-state index in [9.17, 15) is 5.11 Å². The number of aliphatic hydroxyl groups excluding tert-OH is 1. The minimum atomic E-state index is 0.177. The van der Waals surface area contributed by atoms with Crippen LogP contribution in [-0.4, -0.2) is 42.4 Å². The first-order valence-corrected chi connectivity index (χ1v) is 8.43. The first-order valence-electron chi connectivity index (χ1n) is 8.43. The summed E-state index contributed by atoms with van der Waals surface area (Å²) in [4.78, 5) is 2.57. The largest absolute Gasteiger partial charge is 0.396 e. The van der Waals surface area contributed by atoms with Gasteiger partial charge in [0.2, 0.25) is 0 Å². The van der Waals surface area contributed by atoms with Crippen molar-refractivity contribution in [1.29, 1.82) is 0 Å². The molecule has 1 aromatic carbocycles. The van der Waals surface area contributed by atoms with Crippen LogP contribution in [0.15, 0.2) is 24.3 Å². The van der Waals surface area contributed by atoms with E-state index in [1.54, 1.807) is 0 Å². The zero-order valence-corrected chi connectivity index (χ0v) is 12.8. The van der Waals surface area contributed by atoms with Crippen LogP contribution < -0.4 is 0 Å². The molecule has 1 aromatic rings. The second-order valence-corrected chi connectivity index (χ2v) is 6.35. The summed E-state index contributed by atoms with van der Waals surface area (Å²) >= 11 is 0. The highest BCUT2D eigenvalue weighted by Gasteiger charge is 2.27. The molecule has 0 radical (unpaired) electrons. The van der Waals surface area contributed by atoms with Gasteiger partial charge < -0.3 is 14.7 Å². The number of nitrogens with zero attached hydrogens (tertiary/aromatic N) is 1. The molecule has 3 heteroatoms. The third-order valence-electron chi connectivity index (χ3n) is 4.81. The molecule has 0 unspecified atom stereocenters. The standard InChI is InChI=1S/C18H27NO2/c20-13-9-16-14-15-6-2-3-7-17(15)18(21-16)8-12-19-10-4-1-5-11-19/h2-3,6-7,16,18,20H,1,4-5,8-14H2/t16-,18+/m1/s1. The first-order chi connectivity index (χ1) is 10.4. The lowest BCUT2D eigenvalue weighted by Gasteiger charge is -2.34. The predicted molar refractivity (Wildman–Crippen MR) is 84.4 cm³/mol. The Morgan fingerprint density at radius 1 is 1.10 bits per heavy atom. The van der Waals surface area contributed by atoms with Crippen LogP contribution in [0.3, 0.4) is 0 Å². The van der Waals surface area contributed by atoms with E-state index >= 15 is 0 Å². The fraction of sp³-hybridized carbons (Fsp3) is 0.667. The molecule has 0 amide bonds. The van der Waals surface area contributed by atoms with Gasteiger partial charge in [-0.1, -0.05) is 30.7 Å². The van der Waals surface area contributed by atoms with E-state index < -0.39 is 0 Å². The monoisotopic (exact) mass is 289 g/mol. The molecule has 0 aliphatic carbocycles. The summed E-state index contributed by atoms with van der Waals surface area (Å²) in [5.74, 6) is 0. The third kappa shape index (κ3) is 3.85. The van der Waals surface area contributed by atoms with Crippen LogP contribution in [0.5, 0.6) is 0 Å². The van der Waals surface area contributed by atoms with Gasteiger partial charge in [-0.15, -0.1) is 0 Å². The second kappa shape index (κ2) is 7.39. The highest BCUT2D eigenvalue weighted by molar-refractivity contribution is 5.31. The molecule has 0 spiro atoms. The molecule has 21 heavy (non-hydrogen) atoms. The summed E-state index contributed by atoms with van der Waals surface area (Å²) < 4.78 is 6.26. The van der Waals surface area contributed by atoms with Crippen molar-refractivity contribution < 1.29 is 9.84 Å². The van der Waals surface area contributed by atoms with Gasteiger partial charge in [-0.3, -0.25) is 0 Å². The van der Waals surface area contributed by atoms with Crippen LogP contribution in [0.25, 0.3) is 0 Å². The molecule has 0 aromatic heterocycles. The van der Waals surface area contributed by atoms with Crippen LogP contribution in [0.2, 0.25) is 0 Å². The molecular formula is C18H27NO2. The third-order valence-corrected chi connectivity index (χ3v) is 4.81. The smallest absolute Gasteiger partial charge is 0.0843 e. The molecule has 1 fully saturated rings. The summed E-state index contributed by atoms with van der Waals surface area (Å²) in [5.41, 5.74) is 2.77. The van der Waals surface area contributed by atoms with Crippen LogP contribution in [-0.2, 0) is 11.2 Å². The van der Waals surface area contributed by atoms with Gasteiger partial charge >= 0.3 is 0 Å². The molecular weight excluding hydrogens is 262 g/mol. The highest BCUT2D eigenvalue weighted by Crippen LogP contribution is 2.33. The van der Waals surface area contributed by atoms with Crippen LogP contribution in [0, 0.1) is 0 Å². The molecule has 3 rings (SSSR count). The predicted octanol–water partition coefficient (Wildman–Crippen LogP) is 2.93. The van der Waals surface area contributed by atoms with Crippen molar-refractivity contribution in [2.24, 2.45) is 0 Å². The van der Waals surface area contributed by atoms with Crippen molar-refractivity contribution in [2.45, 2.75) is 50.7 Å². The normalized spacial score (nSPS) is 26.5. The fourth-order valence-corrected chi connectivity index (χ4v) is 3.65. The van der Waals surface area contributed by atoms with Gasteiger partial charge in [-0.2, -0.15) is 0 Å². The fourth-order valence-electron chi connectivity index (χ4n) is 3.65. The van der Waals surface area contributed by atoms with Gasteiger partial charge in [0.05, 0.1) is 12.2 Å². The lowest BCUT2D eigenvalue weighted by molar-refractivity contribution is -0.0435. The zero-order valence-electron chi connectivity index (χ0n) is 12.8. The average Bonchev–Trinajstić information content (AvgIpc) is 2.54. The molecule has 2 aliphatic heterocycles. The molecule has 116 valence electrons. The maximum absolute atomic E-state index is 9.20. The number of rotatable bonds is 5. The molecule has 3 nitrogen and oxygen atoms in total. The average molecular weight is 289 g/mol. The van der Waals surface area contributed by atoms with E-state index in [1.165, 1.54) is 43.5 Å². The van der Waals surface area contributed by atoms with Gasteiger partial charge in [0.1, 0.15) is 0 Å². The number of piperidine rings is 1. The van der Waals surface area contributed by atoms with Crippen LogP contribution in [0.4, 0.5) is 0 Å². The number of benzene rings is 1. The van der Waals surface area contributed by atoms with Gasteiger partial charge in [0.25, 0.3) is 0 Å². The van der Waals surface area contributed by atoms with Crippen molar-refractivity contribution in [2.75, 3.05) is 26.2 Å². The van der Waals surface area contributed by atoms with E-state index in [2.05, 4.69) is 29.2 Å². The van der Waals surface area contributed by atoms with Gasteiger partial charge in [-0.05, 0) is 56.3 Å². The van der Waals surface area contributed by atoms with E-state index in [0.717, 1.165) is 25.8 Å². The Kier molecular flexibility index (Phi) is 5.28. The Bertz CT molecular complexity index is 443. The number of hydrogen-bond donors (Lipinski definition) is 1. The van der Waals surface area contributed by atoms with Gasteiger partial charge in [0.15, 0.2) is 0 Å². The van der Waals surface area contributed by atoms with Gasteiger partial charge in [0, 0.05) is 13.2 Å². The molecule has 2 atom stereocenters. The van der Waals surface area contributed by atoms with Crippen molar-refractivity contribution in [3.63, 3.8) is 0 Å². The Labute approximate surface area is 127 Å². The summed E-state index contributed by atoms with van der Waals surface area (Å²) in [6, 6.07) is 8.66. The molecule has 1 saturated heterocycles. The zero-order chi connectivity index (χ0) is 14.5. The Hall–Kier alpha value is -0.900. The molecule has 2 aliphatic rings. The minimum Gasteiger partial charge on any atom is -0.396 e. The number of ether oxygens (including phenoxy) is 1. The Morgan fingerprint density at radius 3 is 2.71 bits per heavy atom. The number of hydrogen-bond acceptors (Lipinski definition) is 3. The van der Waals surface area contributed by atoms with Crippen LogP contribution in [0.1, 0.15) is 49.3 Å². The van der Waals surface area contributed by atoms with Crippen molar-refractivity contribution in [3.05, 3.63) is 35.4 Å². The molecule has 0 bridgehead atoms. The summed E-state index contributed by atoms with van der Waals surface area (Å²) in [7, 11) is 0. The van der Waals surface area contributed by atoms with Crippen molar-refractivity contribution in [3.8, 4) is 0 Å². The first kappa shape index (κ1) is 15.0. The van der Waals surface area contributed by atoms with E-state index in [-0.39, 0.29) is 18.8 Å². The summed E-state index contributed by atoms with van der Waals surface area (Å²) in [6.45, 7) is 3.83. The number of aliphatic hydroxyl groups is 1. The Balaban J connectivity index is 1.64. The maximum Gasteiger partial charge on any atom is 0.0843 e. The molecule has 1 N–H and O–H groups in total. The maximum atomic E-state index is 9.20. The lowest BCUT2D eigenvalue weighted by Crippen LogP contribution is -2.33. The SMILES string of the molecule is OCC[C@@H]1Cc2ccccc2[C@H](CCN2CCCCC2)O1. The van der Waals surface area contributed by atoms with Crippen molar-refractivity contribution in [1.82, 2.24) is 4.90 Å². The molecule has 2 heterocycles. The Morgan fingerprint density at radius 2 is 1.90 bits per heavy atom. The second-order valence-electron chi connectivity index (χ2n) is 6.35.